The lowest BCUT2D eigenvalue weighted by Gasteiger charge is -2.25. The van der Waals surface area contributed by atoms with Crippen LogP contribution in [0.15, 0.2) is 53.5 Å². The Bertz CT molecular complexity index is 1190. The summed E-state index contributed by atoms with van der Waals surface area (Å²) < 4.78 is 14.6. The van der Waals surface area contributed by atoms with Crippen molar-refractivity contribution >= 4 is 29.2 Å². The molecular weight excluding hydrogens is 399 g/mol. The van der Waals surface area contributed by atoms with Crippen LogP contribution in [0, 0.1) is 5.82 Å². The molecule has 3 amide bonds. The number of imide groups is 1. The predicted octanol–water partition coefficient (Wildman–Crippen LogP) is 2.84. The number of nitrogens with one attached hydrogen (secondary N) is 1. The number of hydrogen-bond donors (Lipinski definition) is 1. The highest BCUT2D eigenvalue weighted by Crippen LogP contribution is 2.33. The van der Waals surface area contributed by atoms with E-state index >= 15 is 0 Å². The highest BCUT2D eigenvalue weighted by Gasteiger charge is 2.51. The summed E-state index contributed by atoms with van der Waals surface area (Å²) in [6.07, 6.45) is 1.73. The molecule has 1 aromatic carbocycles. The van der Waals surface area contributed by atoms with Crippen LogP contribution >= 0.6 is 11.6 Å². The Morgan fingerprint density at radius 1 is 1.14 bits per heavy atom. The largest absolute Gasteiger partial charge is 0.325 e. The number of aromatic nitrogens is 2. The first kappa shape index (κ1) is 19.1. The van der Waals surface area contributed by atoms with Crippen molar-refractivity contribution in [3.05, 3.63) is 81.1 Å². The second-order valence-corrected chi connectivity index (χ2v) is 7.18. The van der Waals surface area contributed by atoms with E-state index in [-0.39, 0.29) is 24.2 Å². The normalized spacial score (nSPS) is 19.1. The lowest BCUT2D eigenvalue weighted by Crippen LogP contribution is -2.43. The Hall–Kier alpha value is -3.26. The Balaban J connectivity index is 1.69. The Kier molecular flexibility index (Phi) is 4.58. The Labute approximate surface area is 169 Å². The van der Waals surface area contributed by atoms with Crippen LogP contribution in [0.5, 0.6) is 0 Å². The topological polar surface area (TPSA) is 83.8 Å². The molecule has 9 heteroatoms. The van der Waals surface area contributed by atoms with E-state index in [4.69, 9.17) is 11.6 Å². The lowest BCUT2D eigenvalue weighted by atomic mass is 9.87. The molecule has 148 valence electrons. The maximum Gasteiger partial charge on any atom is 0.325 e. The average Bonchev–Trinajstić information content (AvgIpc) is 2.94. The standard InChI is InChI=1S/C20H16ClFN4O3/c1-2-20(12-3-6-14(22)7-4-12)18(28)26(19(29)24-20)11-15-9-17(27)25-10-13(21)5-8-16(25)23-15/h3-10H,2,11H2,1H3,(H,24,29). The first-order chi connectivity index (χ1) is 13.8. The molecule has 1 fully saturated rings. The van der Waals surface area contributed by atoms with E-state index in [9.17, 15) is 18.8 Å². The van der Waals surface area contributed by atoms with Gasteiger partial charge in [-0.05, 0) is 36.2 Å². The fourth-order valence-electron chi connectivity index (χ4n) is 3.51. The molecule has 0 spiro atoms. The molecule has 3 heterocycles. The van der Waals surface area contributed by atoms with Gasteiger partial charge in [0.05, 0.1) is 17.3 Å². The van der Waals surface area contributed by atoms with Gasteiger partial charge in [-0.2, -0.15) is 0 Å². The average molecular weight is 415 g/mol. The first-order valence-electron chi connectivity index (χ1n) is 8.92. The molecule has 1 aliphatic rings. The van der Waals surface area contributed by atoms with Gasteiger partial charge in [0, 0.05) is 12.3 Å². The van der Waals surface area contributed by atoms with Crippen LogP contribution in [0.1, 0.15) is 24.6 Å². The van der Waals surface area contributed by atoms with Gasteiger partial charge in [-0.1, -0.05) is 30.7 Å². The number of nitrogens with zero attached hydrogens (tertiary/aromatic N) is 3. The van der Waals surface area contributed by atoms with Crippen molar-refractivity contribution in [1.82, 2.24) is 19.6 Å². The van der Waals surface area contributed by atoms with Crippen LogP contribution in [0.25, 0.3) is 5.65 Å². The molecule has 0 radical (unpaired) electrons. The zero-order valence-corrected chi connectivity index (χ0v) is 16.1. The molecule has 0 saturated carbocycles. The molecule has 0 aliphatic carbocycles. The second kappa shape index (κ2) is 6.97. The van der Waals surface area contributed by atoms with Crippen LogP contribution < -0.4 is 10.9 Å². The predicted molar refractivity (Wildman–Crippen MR) is 104 cm³/mol. The van der Waals surface area contributed by atoms with E-state index < -0.39 is 23.3 Å². The van der Waals surface area contributed by atoms with Crippen molar-refractivity contribution < 1.29 is 14.0 Å². The van der Waals surface area contributed by atoms with Crippen molar-refractivity contribution in [2.45, 2.75) is 25.4 Å². The molecular formula is C20H16ClFN4O3. The zero-order chi connectivity index (χ0) is 20.8. The molecule has 4 rings (SSSR count). The van der Waals surface area contributed by atoms with Crippen molar-refractivity contribution in [1.29, 1.82) is 0 Å². The number of halogens is 2. The fraction of sp³-hybridized carbons (Fsp3) is 0.200. The number of benzene rings is 1. The van der Waals surface area contributed by atoms with Gasteiger partial charge in [0.1, 0.15) is 17.0 Å². The van der Waals surface area contributed by atoms with Gasteiger partial charge in [0.25, 0.3) is 11.5 Å². The monoisotopic (exact) mass is 414 g/mol. The number of urea groups is 1. The maximum absolute atomic E-state index is 13.3. The molecule has 1 saturated heterocycles. The number of pyridine rings is 1. The van der Waals surface area contributed by atoms with Gasteiger partial charge < -0.3 is 5.32 Å². The number of carbonyl (C=O) groups is 2. The minimum Gasteiger partial charge on any atom is -0.319 e. The molecule has 29 heavy (non-hydrogen) atoms. The van der Waals surface area contributed by atoms with E-state index in [0.717, 1.165) is 4.90 Å². The first-order valence-corrected chi connectivity index (χ1v) is 9.30. The van der Waals surface area contributed by atoms with Gasteiger partial charge in [-0.15, -0.1) is 0 Å². The van der Waals surface area contributed by atoms with Crippen LogP contribution in [0.3, 0.4) is 0 Å². The summed E-state index contributed by atoms with van der Waals surface area (Å²) in [6.45, 7) is 1.59. The molecule has 0 bridgehead atoms. The van der Waals surface area contributed by atoms with Gasteiger partial charge in [0.15, 0.2) is 0 Å². The molecule has 1 N–H and O–H groups in total. The molecule has 3 aromatic rings. The van der Waals surface area contributed by atoms with Gasteiger partial charge in [-0.25, -0.2) is 14.2 Å². The van der Waals surface area contributed by atoms with Gasteiger partial charge in [-0.3, -0.25) is 18.9 Å². The summed E-state index contributed by atoms with van der Waals surface area (Å²) in [5.74, 6) is -0.913. The van der Waals surface area contributed by atoms with E-state index in [0.29, 0.717) is 16.2 Å². The summed E-state index contributed by atoms with van der Waals surface area (Å²) in [5.41, 5.74) is -0.552. The van der Waals surface area contributed by atoms with E-state index in [2.05, 4.69) is 10.3 Å². The molecule has 2 aromatic heterocycles. The van der Waals surface area contributed by atoms with E-state index in [1.807, 2.05) is 0 Å². The van der Waals surface area contributed by atoms with Crippen LogP contribution in [0.2, 0.25) is 5.02 Å². The summed E-state index contributed by atoms with van der Waals surface area (Å²) in [4.78, 5) is 43.5. The highest BCUT2D eigenvalue weighted by molar-refractivity contribution is 6.30. The molecule has 1 unspecified atom stereocenters. The third kappa shape index (κ3) is 3.15. The molecule has 1 aliphatic heterocycles. The quantitative estimate of drug-likeness (QED) is 0.665. The van der Waals surface area contributed by atoms with Crippen molar-refractivity contribution in [2.75, 3.05) is 0 Å². The number of hydrogen-bond acceptors (Lipinski definition) is 4. The Morgan fingerprint density at radius 2 is 1.86 bits per heavy atom. The highest BCUT2D eigenvalue weighted by atomic mass is 35.5. The van der Waals surface area contributed by atoms with E-state index in [1.165, 1.54) is 40.9 Å². The maximum atomic E-state index is 13.3. The smallest absolute Gasteiger partial charge is 0.319 e. The van der Waals surface area contributed by atoms with Crippen LogP contribution in [0.4, 0.5) is 9.18 Å². The number of rotatable bonds is 4. The van der Waals surface area contributed by atoms with Crippen LogP contribution in [-0.4, -0.2) is 26.2 Å². The fourth-order valence-corrected chi connectivity index (χ4v) is 3.67. The minimum atomic E-state index is -1.29. The van der Waals surface area contributed by atoms with Crippen molar-refractivity contribution in [3.63, 3.8) is 0 Å². The molecule has 7 nitrogen and oxygen atoms in total. The summed E-state index contributed by atoms with van der Waals surface area (Å²) in [7, 11) is 0. The molecule has 1 atom stereocenters. The third-order valence-electron chi connectivity index (χ3n) is 5.04. The minimum absolute atomic E-state index is 0.165. The second-order valence-electron chi connectivity index (χ2n) is 6.75. The van der Waals surface area contributed by atoms with Gasteiger partial charge >= 0.3 is 6.03 Å². The zero-order valence-electron chi connectivity index (χ0n) is 15.4. The van der Waals surface area contributed by atoms with Crippen molar-refractivity contribution in [2.24, 2.45) is 0 Å². The Morgan fingerprint density at radius 3 is 2.55 bits per heavy atom. The van der Waals surface area contributed by atoms with Gasteiger partial charge in [0.2, 0.25) is 0 Å². The SMILES string of the molecule is CCC1(c2ccc(F)cc2)NC(=O)N(Cc2cc(=O)n3cc(Cl)ccc3n2)C1=O. The number of fused-ring (bicyclic) bond motifs is 1. The summed E-state index contributed by atoms with van der Waals surface area (Å²) >= 11 is 5.90. The lowest BCUT2D eigenvalue weighted by molar-refractivity contribution is -0.132. The van der Waals surface area contributed by atoms with Crippen molar-refractivity contribution in [3.8, 4) is 0 Å². The summed E-state index contributed by atoms with van der Waals surface area (Å²) in [6, 6.07) is 9.27. The van der Waals surface area contributed by atoms with Crippen LogP contribution in [-0.2, 0) is 16.9 Å². The number of carbonyl (C=O) groups excluding carboxylic acids is 2. The third-order valence-corrected chi connectivity index (χ3v) is 5.26. The summed E-state index contributed by atoms with van der Waals surface area (Å²) in [5, 5.41) is 3.10. The number of amides is 3. The van der Waals surface area contributed by atoms with E-state index in [1.54, 1.807) is 19.1 Å².